The van der Waals surface area contributed by atoms with Crippen molar-refractivity contribution in [1.82, 2.24) is 0 Å². The van der Waals surface area contributed by atoms with Gasteiger partial charge in [0.2, 0.25) is 0 Å². The Morgan fingerprint density at radius 1 is 1.59 bits per heavy atom. The van der Waals surface area contributed by atoms with Gasteiger partial charge in [0.05, 0.1) is 18.8 Å². The Balaban J connectivity index is 2.26. The largest absolute Gasteiger partial charge is 0.497 e. The summed E-state index contributed by atoms with van der Waals surface area (Å²) < 4.78 is 10.2. The molecule has 1 unspecified atom stereocenters. The topological polar surface area (TPSA) is 64.8 Å². The van der Waals surface area contributed by atoms with Crippen LogP contribution >= 0.6 is 0 Å². The highest BCUT2D eigenvalue weighted by Gasteiger charge is 2.33. The van der Waals surface area contributed by atoms with Gasteiger partial charge in [-0.1, -0.05) is 6.07 Å². The van der Waals surface area contributed by atoms with Crippen molar-refractivity contribution < 1.29 is 14.3 Å². The minimum Gasteiger partial charge on any atom is -0.497 e. The molecular formula is C12H16N2O3. The van der Waals surface area contributed by atoms with Crippen LogP contribution in [0.1, 0.15) is 6.42 Å². The lowest BCUT2D eigenvalue weighted by Gasteiger charge is -2.21. The van der Waals surface area contributed by atoms with Gasteiger partial charge in [-0.15, -0.1) is 0 Å². The third kappa shape index (κ3) is 2.34. The zero-order valence-corrected chi connectivity index (χ0v) is 9.76. The van der Waals surface area contributed by atoms with Gasteiger partial charge in [0.15, 0.2) is 0 Å². The van der Waals surface area contributed by atoms with E-state index in [4.69, 9.17) is 15.2 Å². The number of ether oxygens (including phenoxy) is 2. The summed E-state index contributed by atoms with van der Waals surface area (Å²) in [4.78, 5) is 13.3. The van der Waals surface area contributed by atoms with Crippen molar-refractivity contribution in [2.24, 2.45) is 5.73 Å². The van der Waals surface area contributed by atoms with Crippen molar-refractivity contribution in [3.63, 3.8) is 0 Å². The number of amides is 1. The summed E-state index contributed by atoms with van der Waals surface area (Å²) in [5, 5.41) is 0. The first-order valence-corrected chi connectivity index (χ1v) is 5.56. The van der Waals surface area contributed by atoms with Gasteiger partial charge in [-0.05, 0) is 25.1 Å². The third-order valence-corrected chi connectivity index (χ3v) is 2.79. The van der Waals surface area contributed by atoms with Crippen LogP contribution in [-0.2, 0) is 4.74 Å². The highest BCUT2D eigenvalue weighted by atomic mass is 16.6. The molecule has 2 rings (SSSR count). The number of methoxy groups -OCH3 is 1. The Bertz CT molecular complexity index is 408. The SMILES string of the molecule is COc1cccc(N2C(=O)OCC2CCN)c1. The van der Waals surface area contributed by atoms with E-state index >= 15 is 0 Å². The van der Waals surface area contributed by atoms with Gasteiger partial charge in [-0.25, -0.2) is 4.79 Å². The molecule has 1 aromatic carbocycles. The zero-order chi connectivity index (χ0) is 12.3. The summed E-state index contributed by atoms with van der Waals surface area (Å²) in [6.07, 6.45) is 0.403. The Labute approximate surface area is 100 Å². The van der Waals surface area contributed by atoms with Crippen molar-refractivity contribution in [2.75, 3.05) is 25.2 Å². The predicted octanol–water partition coefficient (Wildman–Crippen LogP) is 1.37. The Kier molecular flexibility index (Phi) is 3.49. The number of anilines is 1. The molecule has 1 saturated heterocycles. The number of benzene rings is 1. The predicted molar refractivity (Wildman–Crippen MR) is 64.3 cm³/mol. The molecule has 1 aliphatic rings. The molecule has 0 aliphatic carbocycles. The summed E-state index contributed by atoms with van der Waals surface area (Å²) >= 11 is 0. The molecule has 1 amide bonds. The fourth-order valence-electron chi connectivity index (χ4n) is 1.94. The molecular weight excluding hydrogens is 220 g/mol. The molecule has 1 heterocycles. The average Bonchev–Trinajstić information content (AvgIpc) is 2.71. The van der Waals surface area contributed by atoms with E-state index in [9.17, 15) is 4.79 Å². The molecule has 1 aliphatic heterocycles. The molecule has 0 aromatic heterocycles. The number of hydrogen-bond acceptors (Lipinski definition) is 4. The fourth-order valence-corrected chi connectivity index (χ4v) is 1.94. The van der Waals surface area contributed by atoms with Gasteiger partial charge >= 0.3 is 6.09 Å². The average molecular weight is 236 g/mol. The molecule has 5 heteroatoms. The second-order valence-corrected chi connectivity index (χ2v) is 3.88. The van der Waals surface area contributed by atoms with Crippen molar-refractivity contribution in [2.45, 2.75) is 12.5 Å². The summed E-state index contributed by atoms with van der Waals surface area (Å²) in [7, 11) is 1.60. The molecule has 0 radical (unpaired) electrons. The van der Waals surface area contributed by atoms with Crippen molar-refractivity contribution in [1.29, 1.82) is 0 Å². The standard InChI is InChI=1S/C12H16N2O3/c1-16-11-4-2-3-9(7-11)14-10(5-6-13)8-17-12(14)15/h2-4,7,10H,5-6,8,13H2,1H3. The Morgan fingerprint density at radius 2 is 2.41 bits per heavy atom. The molecule has 1 aromatic rings. The number of nitrogens with two attached hydrogens (primary N) is 1. The molecule has 17 heavy (non-hydrogen) atoms. The lowest BCUT2D eigenvalue weighted by atomic mass is 10.2. The number of nitrogens with zero attached hydrogens (tertiary/aromatic N) is 1. The monoisotopic (exact) mass is 236 g/mol. The van der Waals surface area contributed by atoms with Crippen molar-refractivity contribution >= 4 is 11.8 Å². The quantitative estimate of drug-likeness (QED) is 0.857. The highest BCUT2D eigenvalue weighted by molar-refractivity contribution is 5.90. The van der Waals surface area contributed by atoms with Crippen LogP contribution in [0.5, 0.6) is 5.75 Å². The first kappa shape index (κ1) is 11.7. The van der Waals surface area contributed by atoms with Crippen LogP contribution in [0.25, 0.3) is 0 Å². The molecule has 2 N–H and O–H groups in total. The van der Waals surface area contributed by atoms with E-state index in [0.29, 0.717) is 18.9 Å². The lowest BCUT2D eigenvalue weighted by Crippen LogP contribution is -2.34. The Morgan fingerprint density at radius 3 is 3.12 bits per heavy atom. The Hall–Kier alpha value is -1.75. The fraction of sp³-hybridized carbons (Fsp3) is 0.417. The molecule has 0 saturated carbocycles. The molecule has 92 valence electrons. The second kappa shape index (κ2) is 5.05. The van der Waals surface area contributed by atoms with Crippen LogP contribution in [-0.4, -0.2) is 32.4 Å². The normalized spacial score (nSPS) is 19.3. The van der Waals surface area contributed by atoms with E-state index in [2.05, 4.69) is 0 Å². The van der Waals surface area contributed by atoms with Gasteiger partial charge in [0, 0.05) is 6.07 Å². The van der Waals surface area contributed by atoms with Crippen LogP contribution in [0.2, 0.25) is 0 Å². The molecule has 5 nitrogen and oxygen atoms in total. The lowest BCUT2D eigenvalue weighted by molar-refractivity contribution is 0.178. The van der Waals surface area contributed by atoms with E-state index in [1.54, 1.807) is 12.0 Å². The second-order valence-electron chi connectivity index (χ2n) is 3.88. The maximum absolute atomic E-state index is 11.7. The molecule has 1 atom stereocenters. The number of cyclic esters (lactones) is 1. The van der Waals surface area contributed by atoms with E-state index < -0.39 is 0 Å². The van der Waals surface area contributed by atoms with Crippen LogP contribution in [0.15, 0.2) is 24.3 Å². The first-order valence-electron chi connectivity index (χ1n) is 5.56. The minimum atomic E-state index is -0.322. The highest BCUT2D eigenvalue weighted by Crippen LogP contribution is 2.27. The van der Waals surface area contributed by atoms with Gasteiger partial charge in [0.25, 0.3) is 0 Å². The maximum atomic E-state index is 11.7. The number of hydrogen-bond donors (Lipinski definition) is 1. The zero-order valence-electron chi connectivity index (χ0n) is 9.76. The summed E-state index contributed by atoms with van der Waals surface area (Å²) in [5.74, 6) is 0.716. The number of rotatable bonds is 4. The number of carbonyl (C=O) groups is 1. The van der Waals surface area contributed by atoms with E-state index in [1.807, 2.05) is 24.3 Å². The first-order chi connectivity index (χ1) is 8.26. The van der Waals surface area contributed by atoms with Crippen LogP contribution in [0.3, 0.4) is 0 Å². The molecule has 0 spiro atoms. The maximum Gasteiger partial charge on any atom is 0.414 e. The van der Waals surface area contributed by atoms with Crippen LogP contribution in [0.4, 0.5) is 10.5 Å². The molecule has 1 fully saturated rings. The van der Waals surface area contributed by atoms with Crippen LogP contribution < -0.4 is 15.4 Å². The van der Waals surface area contributed by atoms with Crippen LogP contribution in [0, 0.1) is 0 Å². The summed E-state index contributed by atoms with van der Waals surface area (Å²) in [6.45, 7) is 0.926. The minimum absolute atomic E-state index is 0.0135. The van der Waals surface area contributed by atoms with E-state index in [1.165, 1.54) is 0 Å². The number of carbonyl (C=O) groups excluding carboxylic acids is 1. The van der Waals surface area contributed by atoms with Crippen molar-refractivity contribution in [3.8, 4) is 5.75 Å². The summed E-state index contributed by atoms with van der Waals surface area (Å²) in [5.41, 5.74) is 6.31. The van der Waals surface area contributed by atoms with E-state index in [0.717, 1.165) is 12.1 Å². The van der Waals surface area contributed by atoms with Gasteiger partial charge in [0.1, 0.15) is 12.4 Å². The van der Waals surface area contributed by atoms with E-state index in [-0.39, 0.29) is 12.1 Å². The summed E-state index contributed by atoms with van der Waals surface area (Å²) in [6, 6.07) is 7.37. The molecule has 0 bridgehead atoms. The van der Waals surface area contributed by atoms with Gasteiger partial charge in [-0.3, -0.25) is 4.90 Å². The smallest absolute Gasteiger partial charge is 0.414 e. The van der Waals surface area contributed by atoms with Crippen molar-refractivity contribution in [3.05, 3.63) is 24.3 Å². The van der Waals surface area contributed by atoms with Gasteiger partial charge < -0.3 is 15.2 Å². The third-order valence-electron chi connectivity index (χ3n) is 2.79. The van der Waals surface area contributed by atoms with Gasteiger partial charge in [-0.2, -0.15) is 0 Å².